The Morgan fingerprint density at radius 1 is 0.731 bits per heavy atom. The number of nitrogens with zero attached hydrogens (tertiary/aromatic N) is 4. The molecule has 0 bridgehead atoms. The Kier molecular flexibility index (Phi) is 6.54. The molecule has 1 aromatic carbocycles. The second-order valence-electron chi connectivity index (χ2n) is 4.75. The van der Waals surface area contributed by atoms with Gasteiger partial charge >= 0.3 is 0 Å². The van der Waals surface area contributed by atoms with E-state index < -0.39 is 9.85 Å². The highest BCUT2D eigenvalue weighted by Gasteiger charge is 2.11. The van der Waals surface area contributed by atoms with Crippen LogP contribution < -0.4 is 0 Å². The van der Waals surface area contributed by atoms with E-state index in [1.54, 1.807) is 36.7 Å². The quantitative estimate of drug-likeness (QED) is 0.460. The molecule has 8 nitrogen and oxygen atoms in total. The van der Waals surface area contributed by atoms with Gasteiger partial charge in [0, 0.05) is 34.6 Å². The largest absolute Gasteiger partial charge is 0.276 e. The third-order valence-corrected chi connectivity index (χ3v) is 3.43. The average Bonchev–Trinajstić information content (AvgIpc) is 2.62. The molecule has 0 amide bonds. The monoisotopic (exact) mass is 392 g/mol. The van der Waals surface area contributed by atoms with Gasteiger partial charge in [0.05, 0.1) is 27.3 Å². The standard InChI is InChI=1S/C10H6Cl2N2.C6H4N2O4/c11-7-1-3-13-9(5-7)10-6-8(12)2-4-14-10;9-7(10)5-2-1-3-6(4-5)8(11)12/h1-6H;1-4H. The van der Waals surface area contributed by atoms with Crippen molar-refractivity contribution in [2.75, 3.05) is 0 Å². The molecule has 0 atom stereocenters. The molecule has 132 valence electrons. The molecule has 0 unspecified atom stereocenters. The van der Waals surface area contributed by atoms with Gasteiger partial charge in [-0.25, -0.2) is 0 Å². The molecule has 0 aliphatic carbocycles. The van der Waals surface area contributed by atoms with Crippen molar-refractivity contribution in [1.29, 1.82) is 0 Å². The lowest BCUT2D eigenvalue weighted by Gasteiger charge is -1.99. The zero-order valence-electron chi connectivity index (χ0n) is 13.0. The lowest BCUT2D eigenvalue weighted by Crippen LogP contribution is -1.91. The SMILES string of the molecule is Clc1ccnc(-c2cc(Cl)ccn2)c1.O=[N+]([O-])c1cccc([N+](=O)[O-])c1. The lowest BCUT2D eigenvalue weighted by molar-refractivity contribution is -0.394. The summed E-state index contributed by atoms with van der Waals surface area (Å²) in [5, 5.41) is 21.6. The maximum atomic E-state index is 10.2. The minimum absolute atomic E-state index is 0.274. The van der Waals surface area contributed by atoms with Gasteiger partial charge in [-0.05, 0) is 30.3 Å². The molecule has 10 heteroatoms. The maximum Gasteiger partial charge on any atom is 0.276 e. The summed E-state index contributed by atoms with van der Waals surface area (Å²) in [5.41, 5.74) is 0.897. The molecule has 3 rings (SSSR count). The van der Waals surface area contributed by atoms with Crippen LogP contribution in [-0.4, -0.2) is 19.8 Å². The highest BCUT2D eigenvalue weighted by atomic mass is 35.5. The molecule has 0 radical (unpaired) electrons. The first-order valence-corrected chi connectivity index (χ1v) is 7.75. The van der Waals surface area contributed by atoms with Gasteiger partial charge in [-0.3, -0.25) is 30.2 Å². The first-order valence-electron chi connectivity index (χ1n) is 6.99. The fourth-order valence-electron chi connectivity index (χ4n) is 1.81. The highest BCUT2D eigenvalue weighted by Crippen LogP contribution is 2.20. The van der Waals surface area contributed by atoms with E-state index in [9.17, 15) is 20.2 Å². The Balaban J connectivity index is 0.000000190. The van der Waals surface area contributed by atoms with E-state index in [1.807, 2.05) is 0 Å². The van der Waals surface area contributed by atoms with Crippen LogP contribution in [0.5, 0.6) is 0 Å². The van der Waals surface area contributed by atoms with Crippen molar-refractivity contribution in [2.24, 2.45) is 0 Å². The second kappa shape index (κ2) is 8.84. The van der Waals surface area contributed by atoms with E-state index >= 15 is 0 Å². The van der Waals surface area contributed by atoms with Crippen LogP contribution in [0.3, 0.4) is 0 Å². The van der Waals surface area contributed by atoms with Crippen molar-refractivity contribution in [3.63, 3.8) is 0 Å². The molecule has 0 aliphatic rings. The van der Waals surface area contributed by atoms with Crippen molar-refractivity contribution < 1.29 is 9.85 Å². The number of nitro groups is 2. The van der Waals surface area contributed by atoms with E-state index in [1.165, 1.54) is 18.2 Å². The molecule has 26 heavy (non-hydrogen) atoms. The maximum absolute atomic E-state index is 10.2. The number of aromatic nitrogens is 2. The van der Waals surface area contributed by atoms with Crippen molar-refractivity contribution in [2.45, 2.75) is 0 Å². The number of halogens is 2. The lowest BCUT2D eigenvalue weighted by atomic mass is 10.2. The van der Waals surface area contributed by atoms with Gasteiger partial charge in [0.2, 0.25) is 0 Å². The zero-order chi connectivity index (χ0) is 19.1. The Labute approximate surface area is 157 Å². The summed E-state index contributed by atoms with van der Waals surface area (Å²) in [6, 6.07) is 11.5. The summed E-state index contributed by atoms with van der Waals surface area (Å²) < 4.78 is 0. The van der Waals surface area contributed by atoms with E-state index in [-0.39, 0.29) is 11.4 Å². The van der Waals surface area contributed by atoms with Crippen LogP contribution in [0.25, 0.3) is 11.4 Å². The summed E-state index contributed by atoms with van der Waals surface area (Å²) >= 11 is 11.7. The van der Waals surface area contributed by atoms with Gasteiger partial charge in [0.1, 0.15) is 0 Å². The van der Waals surface area contributed by atoms with Gasteiger partial charge in [-0.1, -0.05) is 23.2 Å². The van der Waals surface area contributed by atoms with Crippen molar-refractivity contribution in [3.05, 3.63) is 91.2 Å². The van der Waals surface area contributed by atoms with Gasteiger partial charge in [-0.2, -0.15) is 0 Å². The van der Waals surface area contributed by atoms with Crippen LogP contribution in [0.15, 0.2) is 60.9 Å². The highest BCUT2D eigenvalue weighted by molar-refractivity contribution is 6.31. The third kappa shape index (κ3) is 5.47. The molecule has 0 N–H and O–H groups in total. The third-order valence-electron chi connectivity index (χ3n) is 2.96. The number of benzene rings is 1. The van der Waals surface area contributed by atoms with Gasteiger partial charge < -0.3 is 0 Å². The molecule has 0 saturated heterocycles. The second-order valence-corrected chi connectivity index (χ2v) is 5.63. The number of nitro benzene ring substituents is 2. The Bertz CT molecular complexity index is 880. The van der Waals surface area contributed by atoms with Gasteiger partial charge in [0.15, 0.2) is 0 Å². The predicted molar refractivity (Wildman–Crippen MR) is 97.2 cm³/mol. The smallest absolute Gasteiger partial charge is 0.258 e. The van der Waals surface area contributed by atoms with E-state index in [2.05, 4.69) is 9.97 Å². The first kappa shape index (κ1) is 19.2. The van der Waals surface area contributed by atoms with Crippen LogP contribution >= 0.6 is 23.2 Å². The Morgan fingerprint density at radius 2 is 1.15 bits per heavy atom. The van der Waals surface area contributed by atoms with Crippen molar-refractivity contribution in [1.82, 2.24) is 9.97 Å². The Hall–Kier alpha value is -3.10. The summed E-state index contributed by atoms with van der Waals surface area (Å²) in [4.78, 5) is 27.3. The van der Waals surface area contributed by atoms with E-state index in [4.69, 9.17) is 23.2 Å². The van der Waals surface area contributed by atoms with Crippen LogP contribution in [0.2, 0.25) is 10.0 Å². The number of hydrogen-bond donors (Lipinski definition) is 0. The topological polar surface area (TPSA) is 112 Å². The normalized spacial score (nSPS) is 9.77. The molecular weight excluding hydrogens is 383 g/mol. The summed E-state index contributed by atoms with van der Waals surface area (Å²) in [5.74, 6) is 0. The summed E-state index contributed by atoms with van der Waals surface area (Å²) in [7, 11) is 0. The molecule has 0 fully saturated rings. The molecule has 0 aliphatic heterocycles. The van der Waals surface area contributed by atoms with Gasteiger partial charge in [0.25, 0.3) is 11.4 Å². The fourth-order valence-corrected chi connectivity index (χ4v) is 2.13. The van der Waals surface area contributed by atoms with Crippen LogP contribution in [-0.2, 0) is 0 Å². The molecule has 2 aromatic heterocycles. The summed E-state index contributed by atoms with van der Waals surface area (Å²) in [6.45, 7) is 0. The van der Waals surface area contributed by atoms with Gasteiger partial charge in [-0.15, -0.1) is 0 Å². The zero-order valence-corrected chi connectivity index (χ0v) is 14.5. The fraction of sp³-hybridized carbons (Fsp3) is 0. The van der Waals surface area contributed by atoms with E-state index in [0.29, 0.717) is 10.0 Å². The molecule has 0 spiro atoms. The summed E-state index contributed by atoms with van der Waals surface area (Å²) in [6.07, 6.45) is 3.28. The average molecular weight is 393 g/mol. The van der Waals surface area contributed by atoms with E-state index in [0.717, 1.165) is 17.5 Å². The minimum atomic E-state index is -0.674. The number of rotatable bonds is 3. The first-order chi connectivity index (χ1) is 12.4. The molecule has 0 saturated carbocycles. The van der Waals surface area contributed by atoms with Crippen LogP contribution in [0.4, 0.5) is 11.4 Å². The Morgan fingerprint density at radius 3 is 1.50 bits per heavy atom. The number of non-ortho nitro benzene ring substituents is 2. The van der Waals surface area contributed by atoms with Crippen LogP contribution in [0.1, 0.15) is 0 Å². The van der Waals surface area contributed by atoms with Crippen molar-refractivity contribution >= 4 is 34.6 Å². The van der Waals surface area contributed by atoms with Crippen molar-refractivity contribution in [3.8, 4) is 11.4 Å². The molecular formula is C16H10Cl2N4O4. The molecule has 2 heterocycles. The number of hydrogen-bond acceptors (Lipinski definition) is 6. The minimum Gasteiger partial charge on any atom is -0.258 e. The van der Waals surface area contributed by atoms with Crippen LogP contribution in [0, 0.1) is 20.2 Å². The predicted octanol–water partition coefficient (Wildman–Crippen LogP) is 4.95. The number of pyridine rings is 2. The molecule has 3 aromatic rings.